The van der Waals surface area contributed by atoms with E-state index in [0.717, 1.165) is 35.1 Å². The minimum Gasteiger partial charge on any atom is -0.352 e. The molecule has 0 fully saturated rings. The molecule has 0 spiro atoms. The van der Waals surface area contributed by atoms with E-state index in [0.29, 0.717) is 39.0 Å². The average Bonchev–Trinajstić information content (AvgIpc) is 2.97. The molecule has 0 heterocycles. The van der Waals surface area contributed by atoms with E-state index < -0.39 is 0 Å². The molecule has 3 rings (SSSR count). The van der Waals surface area contributed by atoms with Crippen LogP contribution in [0.3, 0.4) is 0 Å². The molecule has 220 valence electrons. The summed E-state index contributed by atoms with van der Waals surface area (Å²) in [6, 6.07) is 27.4. The Kier molecular flexibility index (Phi) is 17.2. The summed E-state index contributed by atoms with van der Waals surface area (Å²) in [6.45, 7) is 5.11. The van der Waals surface area contributed by atoms with E-state index in [2.05, 4.69) is 21.3 Å². The molecule has 4 N–H and O–H groups in total. The number of hydrogen-bond acceptors (Lipinski definition) is 4. The van der Waals surface area contributed by atoms with Crippen molar-refractivity contribution in [1.29, 1.82) is 0 Å². The number of unbranched alkanes of at least 4 members (excludes halogenated alkanes) is 1. The summed E-state index contributed by atoms with van der Waals surface area (Å²) in [4.78, 5) is 45.0. The van der Waals surface area contributed by atoms with Gasteiger partial charge in [0.2, 0.25) is 23.6 Å². The van der Waals surface area contributed by atoms with Crippen molar-refractivity contribution >= 4 is 23.6 Å². The van der Waals surface area contributed by atoms with Gasteiger partial charge in [-0.2, -0.15) is 0 Å². The van der Waals surface area contributed by atoms with E-state index in [9.17, 15) is 19.2 Å². The van der Waals surface area contributed by atoms with E-state index in [1.54, 1.807) is 0 Å². The van der Waals surface area contributed by atoms with E-state index in [1.807, 2.05) is 84.9 Å². The van der Waals surface area contributed by atoms with Gasteiger partial charge in [0.15, 0.2) is 0 Å². The maximum Gasteiger partial charge on any atom is 0.220 e. The maximum absolute atomic E-state index is 11.8. The second-order valence-electron chi connectivity index (χ2n) is 9.37. The van der Waals surface area contributed by atoms with Crippen molar-refractivity contribution in [2.24, 2.45) is 0 Å². The molecule has 41 heavy (non-hydrogen) atoms. The minimum absolute atomic E-state index is 0. The maximum atomic E-state index is 11.8. The first-order chi connectivity index (χ1) is 19.3. The summed E-state index contributed by atoms with van der Waals surface area (Å²) in [7, 11) is 0. The molecule has 4 amide bonds. The number of hydrogen-bond donors (Lipinski definition) is 4. The first-order valence-electron chi connectivity index (χ1n) is 13.5. The van der Waals surface area contributed by atoms with Crippen molar-refractivity contribution in [2.75, 3.05) is 0 Å². The van der Waals surface area contributed by atoms with Crippen LogP contribution in [-0.4, -0.2) is 23.6 Å². The Balaban J connectivity index is 0.000000433. The lowest BCUT2D eigenvalue weighted by Crippen LogP contribution is -2.23. The van der Waals surface area contributed by atoms with E-state index in [1.165, 1.54) is 13.8 Å². The number of nitrogens with one attached hydrogen (secondary N) is 4. The summed E-state index contributed by atoms with van der Waals surface area (Å²) in [5, 5.41) is 11.2. The van der Waals surface area contributed by atoms with Gasteiger partial charge in [-0.25, -0.2) is 0 Å². The Morgan fingerprint density at radius 3 is 1.20 bits per heavy atom. The van der Waals surface area contributed by atoms with Gasteiger partial charge < -0.3 is 21.3 Å². The molecule has 8 heteroatoms. The highest BCUT2D eigenvalue weighted by Gasteiger charge is 2.04. The van der Waals surface area contributed by atoms with Crippen LogP contribution in [0.1, 0.15) is 69.2 Å². The summed E-state index contributed by atoms with van der Waals surface area (Å²) in [5.74, 6) is -0.0355. The molecule has 3 aromatic carbocycles. The largest absolute Gasteiger partial charge is 0.352 e. The van der Waals surface area contributed by atoms with Crippen molar-refractivity contribution in [3.8, 4) is 0 Å². The monoisotopic (exact) mass is 560 g/mol. The smallest absolute Gasteiger partial charge is 0.220 e. The second kappa shape index (κ2) is 20.4. The van der Waals surface area contributed by atoms with Crippen LogP contribution in [0.25, 0.3) is 0 Å². The Labute approximate surface area is 244 Å². The normalized spacial score (nSPS) is 9.71. The Morgan fingerprint density at radius 1 is 0.488 bits per heavy atom. The molecule has 0 aliphatic heterocycles. The number of benzene rings is 3. The van der Waals surface area contributed by atoms with E-state index in [4.69, 9.17) is 0 Å². The second-order valence-corrected chi connectivity index (χ2v) is 9.37. The minimum atomic E-state index is -0.0488. The lowest BCUT2D eigenvalue weighted by molar-refractivity contribution is -0.123. The molecule has 0 aliphatic carbocycles. The summed E-state index contributed by atoms with van der Waals surface area (Å²) in [6.07, 6.45) is 2.36. The molecule has 3 aromatic rings. The zero-order chi connectivity index (χ0) is 29.0. The van der Waals surface area contributed by atoms with E-state index >= 15 is 0 Å². The van der Waals surface area contributed by atoms with Crippen LogP contribution in [0, 0.1) is 0 Å². The fourth-order valence-corrected chi connectivity index (χ4v) is 3.64. The molecule has 8 nitrogen and oxygen atoms in total. The third kappa shape index (κ3) is 17.0. The molecular formula is C33H44N4O4. The molecule has 0 unspecified atom stereocenters. The van der Waals surface area contributed by atoms with Gasteiger partial charge in [-0.05, 0) is 35.1 Å². The predicted octanol–water partition coefficient (Wildman–Crippen LogP) is 4.77. The third-order valence-corrected chi connectivity index (χ3v) is 5.80. The zero-order valence-corrected chi connectivity index (χ0v) is 23.4. The van der Waals surface area contributed by atoms with Crippen LogP contribution in [0.2, 0.25) is 0 Å². The van der Waals surface area contributed by atoms with Gasteiger partial charge in [0.1, 0.15) is 0 Å². The molecular weight excluding hydrogens is 516 g/mol. The lowest BCUT2D eigenvalue weighted by Gasteiger charge is -2.06. The van der Waals surface area contributed by atoms with Crippen LogP contribution in [0.15, 0.2) is 84.9 Å². The fraction of sp³-hybridized carbons (Fsp3) is 0.333. The molecule has 0 saturated heterocycles. The summed E-state index contributed by atoms with van der Waals surface area (Å²) in [5.41, 5.74) is 4.23. The van der Waals surface area contributed by atoms with Gasteiger partial charge in [0.25, 0.3) is 0 Å². The van der Waals surface area contributed by atoms with Crippen LogP contribution < -0.4 is 21.3 Å². The number of carbonyl (C=O) groups excluding carboxylic acids is 4. The van der Waals surface area contributed by atoms with Gasteiger partial charge in [0.05, 0.1) is 0 Å². The Bertz CT molecular complexity index is 1110. The highest BCUT2D eigenvalue weighted by Crippen LogP contribution is 2.05. The van der Waals surface area contributed by atoms with Crippen molar-refractivity contribution in [3.63, 3.8) is 0 Å². The van der Waals surface area contributed by atoms with Crippen LogP contribution >= 0.6 is 0 Å². The van der Waals surface area contributed by atoms with Crippen molar-refractivity contribution < 1.29 is 19.2 Å². The highest BCUT2D eigenvalue weighted by atomic mass is 16.2. The number of rotatable bonds is 13. The molecule has 0 aromatic heterocycles. The molecule has 0 atom stereocenters. The fourth-order valence-electron chi connectivity index (χ4n) is 3.64. The lowest BCUT2D eigenvalue weighted by atomic mass is 10.1. The molecule has 0 bridgehead atoms. The predicted molar refractivity (Wildman–Crippen MR) is 163 cm³/mol. The van der Waals surface area contributed by atoms with Crippen LogP contribution in [-0.2, 0) is 45.4 Å². The quantitative estimate of drug-likeness (QED) is 0.225. The van der Waals surface area contributed by atoms with Gasteiger partial charge in [0, 0.05) is 52.9 Å². The first-order valence-corrected chi connectivity index (χ1v) is 13.5. The zero-order valence-electron chi connectivity index (χ0n) is 23.4. The standard InChI is InChI=1S/C20H24N2O2.C12H16N2O2.CH4/c23-19(21-15-17-9-3-1-4-10-17)13-7-8-14-20(24)22-16-18-11-5-2-6-12-18;1-9(15)13-7-11-4-3-5-12(6-11)8-14-10(2)16;/h1-6,9-12H,7-8,13-16H2,(H,21,23)(H,22,24);3-6H,7-8H2,1-2H3,(H,13,15)(H,14,16);1H4. The van der Waals surface area contributed by atoms with Gasteiger partial charge in [-0.15, -0.1) is 0 Å². The van der Waals surface area contributed by atoms with Gasteiger partial charge >= 0.3 is 0 Å². The SMILES string of the molecule is C.CC(=O)NCc1cccc(CNC(C)=O)c1.O=C(CCCCC(=O)NCc1ccccc1)NCc1ccccc1. The van der Waals surface area contributed by atoms with Crippen LogP contribution in [0.4, 0.5) is 0 Å². The van der Waals surface area contributed by atoms with Gasteiger partial charge in [-0.3, -0.25) is 19.2 Å². The Morgan fingerprint density at radius 2 is 0.829 bits per heavy atom. The van der Waals surface area contributed by atoms with Crippen molar-refractivity contribution in [2.45, 2.75) is 73.1 Å². The molecule has 0 saturated carbocycles. The van der Waals surface area contributed by atoms with Crippen LogP contribution in [0.5, 0.6) is 0 Å². The first kappa shape index (κ1) is 34.6. The number of carbonyl (C=O) groups is 4. The third-order valence-electron chi connectivity index (χ3n) is 5.80. The van der Waals surface area contributed by atoms with E-state index in [-0.39, 0.29) is 31.1 Å². The topological polar surface area (TPSA) is 116 Å². The summed E-state index contributed by atoms with van der Waals surface area (Å²) >= 11 is 0. The van der Waals surface area contributed by atoms with Crippen molar-refractivity contribution in [1.82, 2.24) is 21.3 Å². The summed E-state index contributed by atoms with van der Waals surface area (Å²) < 4.78 is 0. The van der Waals surface area contributed by atoms with Gasteiger partial charge in [-0.1, -0.05) is 92.4 Å². The molecule has 0 aliphatic rings. The Hall–Kier alpha value is -4.46. The van der Waals surface area contributed by atoms with Crippen molar-refractivity contribution in [3.05, 3.63) is 107 Å². The highest BCUT2D eigenvalue weighted by molar-refractivity contribution is 5.77. The average molecular weight is 561 g/mol. The number of amides is 4. The molecule has 0 radical (unpaired) electrons.